The van der Waals surface area contributed by atoms with Gasteiger partial charge in [0.15, 0.2) is 0 Å². The second-order valence-electron chi connectivity index (χ2n) is 5.20. The molecular weight excluding hydrogens is 317 g/mol. The summed E-state index contributed by atoms with van der Waals surface area (Å²) in [5.74, 6) is -0.331. The Kier molecular flexibility index (Phi) is 3.89. The summed E-state index contributed by atoms with van der Waals surface area (Å²) in [6.07, 6.45) is -1.43. The van der Waals surface area contributed by atoms with E-state index < -0.39 is 11.7 Å². The highest BCUT2D eigenvalue weighted by Crippen LogP contribution is 2.30. The quantitative estimate of drug-likeness (QED) is 0.689. The molecule has 0 unspecified atom stereocenters. The number of rotatable bonds is 3. The van der Waals surface area contributed by atoms with E-state index in [9.17, 15) is 18.0 Å². The lowest BCUT2D eigenvalue weighted by Crippen LogP contribution is -2.07. The van der Waals surface area contributed by atoms with E-state index in [0.717, 1.165) is 23.0 Å². The number of hydrogen-bond donors (Lipinski definition) is 1. The monoisotopic (exact) mass is 330 g/mol. The Hall–Kier alpha value is -3.02. The Labute approximate surface area is 136 Å². The zero-order valence-corrected chi connectivity index (χ0v) is 12.5. The van der Waals surface area contributed by atoms with E-state index in [1.807, 2.05) is 12.1 Å². The lowest BCUT2D eigenvalue weighted by atomic mass is 10.2. The molecule has 0 atom stereocenters. The molecule has 0 saturated carbocycles. The van der Waals surface area contributed by atoms with Gasteiger partial charge in [0.05, 0.1) is 11.1 Å². The summed E-state index contributed by atoms with van der Waals surface area (Å²) in [6, 6.07) is 12.1. The second kappa shape index (κ2) is 5.88. The molecule has 0 aliphatic rings. The molecule has 1 amide bonds. The van der Waals surface area contributed by atoms with Crippen molar-refractivity contribution in [2.75, 3.05) is 5.32 Å². The summed E-state index contributed by atoms with van der Waals surface area (Å²) >= 11 is 0. The van der Waals surface area contributed by atoms with Crippen molar-refractivity contribution in [1.29, 1.82) is 0 Å². The van der Waals surface area contributed by atoms with Crippen LogP contribution in [-0.2, 0) is 11.0 Å². The van der Waals surface area contributed by atoms with Crippen molar-refractivity contribution < 1.29 is 18.0 Å². The van der Waals surface area contributed by atoms with Crippen molar-refractivity contribution in [1.82, 2.24) is 4.57 Å². The third-order valence-corrected chi connectivity index (χ3v) is 3.62. The third-order valence-electron chi connectivity index (χ3n) is 3.62. The number of aromatic nitrogens is 1. The minimum atomic E-state index is -4.36. The van der Waals surface area contributed by atoms with Gasteiger partial charge in [-0.05, 0) is 48.5 Å². The number of nitrogens with one attached hydrogen (secondary N) is 1. The molecule has 24 heavy (non-hydrogen) atoms. The number of fused-ring (bicyclic) bond motifs is 1. The average Bonchev–Trinajstić information content (AvgIpc) is 2.97. The molecule has 1 N–H and O–H groups in total. The van der Waals surface area contributed by atoms with Gasteiger partial charge in [-0.25, -0.2) is 0 Å². The molecule has 0 fully saturated rings. The second-order valence-corrected chi connectivity index (χ2v) is 5.20. The smallest absolute Gasteiger partial charge is 0.322 e. The Morgan fingerprint density at radius 1 is 1.08 bits per heavy atom. The van der Waals surface area contributed by atoms with Gasteiger partial charge >= 0.3 is 6.18 Å². The van der Waals surface area contributed by atoms with Crippen molar-refractivity contribution in [2.45, 2.75) is 6.18 Å². The van der Waals surface area contributed by atoms with Gasteiger partial charge in [0.2, 0.25) is 5.91 Å². The van der Waals surface area contributed by atoms with E-state index in [0.29, 0.717) is 11.4 Å². The molecule has 1 aromatic heterocycles. The Morgan fingerprint density at radius 3 is 2.42 bits per heavy atom. The first-order chi connectivity index (χ1) is 11.4. The van der Waals surface area contributed by atoms with Crippen molar-refractivity contribution in [3.63, 3.8) is 0 Å². The van der Waals surface area contributed by atoms with Crippen molar-refractivity contribution in [2.24, 2.45) is 0 Å². The summed E-state index contributed by atoms with van der Waals surface area (Å²) in [7, 11) is 0. The maximum Gasteiger partial charge on any atom is 0.416 e. The standard InChI is InChI=1S/C18H13F3N2O/c1-2-17(24)22-14-6-3-12-9-10-23(16(12)11-14)15-7-4-13(5-8-15)18(19,20)21/h2-11H,1H2,(H,22,24). The summed E-state index contributed by atoms with van der Waals surface area (Å²) < 4.78 is 39.8. The average molecular weight is 330 g/mol. The van der Waals surface area contributed by atoms with Gasteiger partial charge in [0.1, 0.15) is 0 Å². The molecule has 2 aromatic carbocycles. The van der Waals surface area contributed by atoms with Gasteiger partial charge in [-0.1, -0.05) is 12.6 Å². The van der Waals surface area contributed by atoms with E-state index >= 15 is 0 Å². The lowest BCUT2D eigenvalue weighted by molar-refractivity contribution is -0.137. The van der Waals surface area contributed by atoms with Crippen molar-refractivity contribution in [3.8, 4) is 5.69 Å². The Bertz CT molecular complexity index is 908. The van der Waals surface area contributed by atoms with Gasteiger partial charge < -0.3 is 9.88 Å². The van der Waals surface area contributed by atoms with Crippen LogP contribution in [0.1, 0.15) is 5.56 Å². The summed E-state index contributed by atoms with van der Waals surface area (Å²) in [6.45, 7) is 3.39. The number of halogens is 3. The molecule has 122 valence electrons. The van der Waals surface area contributed by atoms with Gasteiger partial charge in [0.25, 0.3) is 0 Å². The number of anilines is 1. The molecule has 1 heterocycles. The van der Waals surface area contributed by atoms with Crippen LogP contribution in [0.15, 0.2) is 67.4 Å². The summed E-state index contributed by atoms with van der Waals surface area (Å²) in [4.78, 5) is 11.4. The molecule has 0 bridgehead atoms. The number of carbonyl (C=O) groups excluding carboxylic acids is 1. The van der Waals surface area contributed by atoms with E-state index in [4.69, 9.17) is 0 Å². The topological polar surface area (TPSA) is 34.0 Å². The van der Waals surface area contributed by atoms with E-state index in [2.05, 4.69) is 11.9 Å². The Balaban J connectivity index is 2.01. The normalized spacial score (nSPS) is 11.5. The molecular formula is C18H13F3N2O. The molecule has 3 nitrogen and oxygen atoms in total. The van der Waals surface area contributed by atoms with Crippen LogP contribution >= 0.6 is 0 Å². The van der Waals surface area contributed by atoms with Gasteiger partial charge in [-0.2, -0.15) is 13.2 Å². The number of amides is 1. The van der Waals surface area contributed by atoms with Gasteiger partial charge in [0, 0.05) is 23.0 Å². The molecule has 0 radical (unpaired) electrons. The highest BCUT2D eigenvalue weighted by Gasteiger charge is 2.30. The number of hydrogen-bond acceptors (Lipinski definition) is 1. The first-order valence-electron chi connectivity index (χ1n) is 7.10. The van der Waals surface area contributed by atoms with Crippen LogP contribution in [0.25, 0.3) is 16.6 Å². The minimum Gasteiger partial charge on any atom is -0.322 e. The SMILES string of the molecule is C=CC(=O)Nc1ccc2ccn(-c3ccc(C(F)(F)F)cc3)c2c1. The Morgan fingerprint density at radius 2 is 1.79 bits per heavy atom. The summed E-state index contributed by atoms with van der Waals surface area (Å²) in [5, 5.41) is 3.57. The van der Waals surface area contributed by atoms with Crippen LogP contribution in [-0.4, -0.2) is 10.5 Å². The van der Waals surface area contributed by atoms with Crippen molar-refractivity contribution in [3.05, 3.63) is 72.9 Å². The molecule has 3 rings (SSSR count). The summed E-state index contributed by atoms with van der Waals surface area (Å²) in [5.41, 5.74) is 1.27. The largest absolute Gasteiger partial charge is 0.416 e. The fraction of sp³-hybridized carbons (Fsp3) is 0.0556. The number of benzene rings is 2. The first kappa shape index (κ1) is 15.9. The molecule has 6 heteroatoms. The van der Waals surface area contributed by atoms with Crippen molar-refractivity contribution >= 4 is 22.5 Å². The van der Waals surface area contributed by atoms with Crippen LogP contribution in [0.2, 0.25) is 0 Å². The van der Waals surface area contributed by atoms with Crippen LogP contribution in [0.3, 0.4) is 0 Å². The predicted molar refractivity (Wildman–Crippen MR) is 87.1 cm³/mol. The number of carbonyl (C=O) groups is 1. The van der Waals surface area contributed by atoms with E-state index in [1.165, 1.54) is 18.2 Å². The van der Waals surface area contributed by atoms with E-state index in [-0.39, 0.29) is 5.91 Å². The fourth-order valence-electron chi connectivity index (χ4n) is 2.44. The number of nitrogens with zero attached hydrogens (tertiary/aromatic N) is 1. The van der Waals surface area contributed by atoms with Gasteiger partial charge in [-0.3, -0.25) is 4.79 Å². The predicted octanol–water partition coefficient (Wildman–Crippen LogP) is 4.77. The zero-order chi connectivity index (χ0) is 17.3. The first-order valence-corrected chi connectivity index (χ1v) is 7.10. The molecule has 3 aromatic rings. The molecule has 0 aliphatic heterocycles. The lowest BCUT2D eigenvalue weighted by Gasteiger charge is -2.10. The fourth-order valence-corrected chi connectivity index (χ4v) is 2.44. The zero-order valence-electron chi connectivity index (χ0n) is 12.5. The van der Waals surface area contributed by atoms with Gasteiger partial charge in [-0.15, -0.1) is 0 Å². The minimum absolute atomic E-state index is 0.331. The maximum absolute atomic E-state index is 12.7. The number of alkyl halides is 3. The van der Waals surface area contributed by atoms with Crippen LogP contribution < -0.4 is 5.32 Å². The van der Waals surface area contributed by atoms with E-state index in [1.54, 1.807) is 22.9 Å². The third kappa shape index (κ3) is 3.03. The maximum atomic E-state index is 12.7. The highest BCUT2D eigenvalue weighted by atomic mass is 19.4. The van der Waals surface area contributed by atoms with Crippen LogP contribution in [0.4, 0.5) is 18.9 Å². The molecule has 0 aliphatic carbocycles. The molecule has 0 saturated heterocycles. The highest BCUT2D eigenvalue weighted by molar-refractivity contribution is 6.00. The van der Waals surface area contributed by atoms with Crippen LogP contribution in [0.5, 0.6) is 0 Å². The van der Waals surface area contributed by atoms with Crippen LogP contribution in [0, 0.1) is 0 Å². The molecule has 0 spiro atoms.